The SMILES string of the molecule is CCNC(=NCc1ccc([N+](=O)[O-])cc1)NCC1CC(=O)N(CCc2ccccc2)C1. The summed E-state index contributed by atoms with van der Waals surface area (Å²) in [6, 6.07) is 16.6. The van der Waals surface area contributed by atoms with Crippen LogP contribution in [0.5, 0.6) is 0 Å². The van der Waals surface area contributed by atoms with Crippen molar-refractivity contribution in [1.29, 1.82) is 0 Å². The van der Waals surface area contributed by atoms with Gasteiger partial charge in [-0.3, -0.25) is 14.9 Å². The van der Waals surface area contributed by atoms with Crippen LogP contribution in [0.3, 0.4) is 0 Å². The lowest BCUT2D eigenvalue weighted by Crippen LogP contribution is -2.40. The summed E-state index contributed by atoms with van der Waals surface area (Å²) in [7, 11) is 0. The fourth-order valence-electron chi connectivity index (χ4n) is 3.59. The fourth-order valence-corrected chi connectivity index (χ4v) is 3.59. The Morgan fingerprint density at radius 1 is 1.13 bits per heavy atom. The molecule has 0 spiro atoms. The molecule has 2 aromatic carbocycles. The van der Waals surface area contributed by atoms with Crippen LogP contribution in [0.2, 0.25) is 0 Å². The predicted molar refractivity (Wildman–Crippen MR) is 121 cm³/mol. The number of hydrogen-bond acceptors (Lipinski definition) is 4. The Hall–Kier alpha value is -3.42. The number of nitro benzene ring substituents is 1. The van der Waals surface area contributed by atoms with E-state index in [4.69, 9.17) is 0 Å². The summed E-state index contributed by atoms with van der Waals surface area (Å²) in [6.45, 7) is 5.29. The molecule has 0 aromatic heterocycles. The maximum Gasteiger partial charge on any atom is 0.269 e. The zero-order chi connectivity index (χ0) is 22.1. The molecule has 1 aliphatic heterocycles. The zero-order valence-corrected chi connectivity index (χ0v) is 17.8. The van der Waals surface area contributed by atoms with Gasteiger partial charge in [-0.15, -0.1) is 0 Å². The van der Waals surface area contributed by atoms with Crippen LogP contribution in [-0.4, -0.2) is 47.9 Å². The van der Waals surface area contributed by atoms with Crippen LogP contribution in [0.25, 0.3) is 0 Å². The minimum Gasteiger partial charge on any atom is -0.357 e. The van der Waals surface area contributed by atoms with Gasteiger partial charge in [-0.05, 0) is 24.5 Å². The van der Waals surface area contributed by atoms with Crippen molar-refractivity contribution in [3.8, 4) is 0 Å². The van der Waals surface area contributed by atoms with Crippen molar-refractivity contribution in [2.45, 2.75) is 26.3 Å². The van der Waals surface area contributed by atoms with E-state index in [-0.39, 0.29) is 17.5 Å². The number of nitrogens with one attached hydrogen (secondary N) is 2. The maximum atomic E-state index is 12.4. The average Bonchev–Trinajstić information content (AvgIpc) is 3.14. The summed E-state index contributed by atoms with van der Waals surface area (Å²) in [5.74, 6) is 1.12. The molecule has 2 aromatic rings. The summed E-state index contributed by atoms with van der Waals surface area (Å²) in [4.78, 5) is 29.2. The first-order chi connectivity index (χ1) is 15.0. The van der Waals surface area contributed by atoms with Gasteiger partial charge in [0.15, 0.2) is 5.96 Å². The van der Waals surface area contributed by atoms with Gasteiger partial charge in [-0.1, -0.05) is 42.5 Å². The van der Waals surface area contributed by atoms with Gasteiger partial charge in [0.1, 0.15) is 0 Å². The van der Waals surface area contributed by atoms with Gasteiger partial charge in [-0.25, -0.2) is 4.99 Å². The summed E-state index contributed by atoms with van der Waals surface area (Å²) in [5, 5.41) is 17.3. The number of carbonyl (C=O) groups is 1. The highest BCUT2D eigenvalue weighted by atomic mass is 16.6. The van der Waals surface area contributed by atoms with E-state index in [0.717, 1.165) is 31.6 Å². The molecule has 1 aliphatic rings. The molecule has 3 rings (SSSR count). The lowest BCUT2D eigenvalue weighted by atomic mass is 10.1. The normalized spacial score (nSPS) is 16.4. The van der Waals surface area contributed by atoms with E-state index >= 15 is 0 Å². The van der Waals surface area contributed by atoms with Crippen LogP contribution < -0.4 is 10.6 Å². The van der Waals surface area contributed by atoms with E-state index in [2.05, 4.69) is 27.8 Å². The number of guanidine groups is 1. The lowest BCUT2D eigenvalue weighted by Gasteiger charge is -2.18. The third kappa shape index (κ3) is 6.80. The van der Waals surface area contributed by atoms with Gasteiger partial charge in [-0.2, -0.15) is 0 Å². The van der Waals surface area contributed by atoms with E-state index in [9.17, 15) is 14.9 Å². The Labute approximate surface area is 182 Å². The molecule has 2 N–H and O–H groups in total. The number of nitro groups is 1. The molecule has 164 valence electrons. The maximum absolute atomic E-state index is 12.4. The van der Waals surface area contributed by atoms with Crippen LogP contribution >= 0.6 is 0 Å². The second-order valence-electron chi connectivity index (χ2n) is 7.65. The Balaban J connectivity index is 1.48. The number of non-ortho nitro benzene ring substituents is 1. The molecule has 0 bridgehead atoms. The topological polar surface area (TPSA) is 99.9 Å². The van der Waals surface area contributed by atoms with Crippen LogP contribution in [0.15, 0.2) is 59.6 Å². The molecule has 0 saturated carbocycles. The van der Waals surface area contributed by atoms with Crippen molar-refractivity contribution in [3.63, 3.8) is 0 Å². The van der Waals surface area contributed by atoms with Crippen molar-refractivity contribution in [3.05, 3.63) is 75.8 Å². The Morgan fingerprint density at radius 2 is 1.87 bits per heavy atom. The highest BCUT2D eigenvalue weighted by Crippen LogP contribution is 2.18. The minimum atomic E-state index is -0.412. The highest BCUT2D eigenvalue weighted by Gasteiger charge is 2.29. The molecule has 1 fully saturated rings. The van der Waals surface area contributed by atoms with Gasteiger partial charge in [0.25, 0.3) is 5.69 Å². The van der Waals surface area contributed by atoms with E-state index in [1.165, 1.54) is 17.7 Å². The summed E-state index contributed by atoms with van der Waals surface area (Å²) < 4.78 is 0. The van der Waals surface area contributed by atoms with Crippen LogP contribution in [0.4, 0.5) is 5.69 Å². The van der Waals surface area contributed by atoms with Crippen molar-refractivity contribution < 1.29 is 9.72 Å². The third-order valence-electron chi connectivity index (χ3n) is 5.28. The van der Waals surface area contributed by atoms with Gasteiger partial charge in [0.2, 0.25) is 5.91 Å². The van der Waals surface area contributed by atoms with Gasteiger partial charge in [0.05, 0.1) is 11.5 Å². The minimum absolute atomic E-state index is 0.0699. The molecule has 31 heavy (non-hydrogen) atoms. The number of nitrogens with zero attached hydrogens (tertiary/aromatic N) is 3. The van der Waals surface area contributed by atoms with Crippen LogP contribution in [-0.2, 0) is 17.8 Å². The molecular weight excluding hydrogens is 394 g/mol. The summed E-state index contributed by atoms with van der Waals surface area (Å²) in [5.41, 5.74) is 2.20. The van der Waals surface area contributed by atoms with Crippen molar-refractivity contribution >= 4 is 17.6 Å². The highest BCUT2D eigenvalue weighted by molar-refractivity contribution is 5.81. The van der Waals surface area contributed by atoms with Crippen molar-refractivity contribution in [1.82, 2.24) is 15.5 Å². The third-order valence-corrected chi connectivity index (χ3v) is 5.28. The molecule has 1 atom stereocenters. The largest absolute Gasteiger partial charge is 0.357 e. The number of hydrogen-bond donors (Lipinski definition) is 2. The second kappa shape index (κ2) is 11.1. The molecule has 0 radical (unpaired) electrons. The van der Waals surface area contributed by atoms with E-state index in [1.807, 2.05) is 30.0 Å². The summed E-state index contributed by atoms with van der Waals surface area (Å²) in [6.07, 6.45) is 1.41. The molecule has 0 aliphatic carbocycles. The number of rotatable bonds is 9. The predicted octanol–water partition coefficient (Wildman–Crippen LogP) is 2.74. The van der Waals surface area contributed by atoms with Gasteiger partial charge in [0, 0.05) is 50.7 Å². The van der Waals surface area contributed by atoms with Crippen LogP contribution in [0, 0.1) is 16.0 Å². The Morgan fingerprint density at radius 3 is 2.55 bits per heavy atom. The monoisotopic (exact) mass is 423 g/mol. The molecule has 1 unspecified atom stereocenters. The first-order valence-electron chi connectivity index (χ1n) is 10.6. The first kappa shape index (κ1) is 22.3. The van der Waals surface area contributed by atoms with Crippen LogP contribution in [0.1, 0.15) is 24.5 Å². The van der Waals surface area contributed by atoms with E-state index < -0.39 is 4.92 Å². The summed E-state index contributed by atoms with van der Waals surface area (Å²) >= 11 is 0. The second-order valence-corrected chi connectivity index (χ2v) is 7.65. The number of amides is 1. The number of carbonyl (C=O) groups excluding carboxylic acids is 1. The Bertz CT molecular complexity index is 899. The molecular formula is C23H29N5O3. The Kier molecular flexibility index (Phi) is 7.98. The van der Waals surface area contributed by atoms with Crippen molar-refractivity contribution in [2.24, 2.45) is 10.9 Å². The molecule has 1 heterocycles. The van der Waals surface area contributed by atoms with E-state index in [0.29, 0.717) is 25.5 Å². The number of likely N-dealkylation sites (tertiary alicyclic amines) is 1. The standard InChI is InChI=1S/C23H29N5O3/c1-2-24-23(25-15-19-8-10-21(11-9-19)28(30)31)26-16-20-14-22(29)27(17-20)13-12-18-6-4-3-5-7-18/h3-11,20H,2,12-17H2,1H3,(H2,24,25,26). The fraction of sp³-hybridized carbons (Fsp3) is 0.391. The lowest BCUT2D eigenvalue weighted by molar-refractivity contribution is -0.384. The molecule has 1 amide bonds. The smallest absolute Gasteiger partial charge is 0.269 e. The number of benzene rings is 2. The quantitative estimate of drug-likeness (QED) is 0.280. The zero-order valence-electron chi connectivity index (χ0n) is 17.8. The molecule has 8 nitrogen and oxygen atoms in total. The van der Waals surface area contributed by atoms with E-state index in [1.54, 1.807) is 12.1 Å². The molecule has 1 saturated heterocycles. The number of aliphatic imine (C=N–C) groups is 1. The van der Waals surface area contributed by atoms with Crippen molar-refractivity contribution in [2.75, 3.05) is 26.2 Å². The average molecular weight is 424 g/mol. The van der Waals surface area contributed by atoms with Gasteiger partial charge < -0.3 is 15.5 Å². The first-order valence-corrected chi connectivity index (χ1v) is 10.6. The van der Waals surface area contributed by atoms with Gasteiger partial charge >= 0.3 is 0 Å². The molecule has 8 heteroatoms.